The molecule has 0 aliphatic carbocycles. The van der Waals surface area contributed by atoms with Crippen LogP contribution in [0.2, 0.25) is 0 Å². The molecule has 0 aromatic heterocycles. The van der Waals surface area contributed by atoms with Crippen molar-refractivity contribution in [2.24, 2.45) is 0 Å². The fourth-order valence-corrected chi connectivity index (χ4v) is 0. The van der Waals surface area contributed by atoms with E-state index in [0.717, 1.165) is 0 Å². The largest absolute Gasteiger partial charge is 2.00 e. The van der Waals surface area contributed by atoms with Crippen molar-refractivity contribution < 1.29 is 27.8 Å². The number of hydrogen-bond acceptors (Lipinski definition) is 5. The van der Waals surface area contributed by atoms with Crippen LogP contribution in [0.1, 0.15) is 0 Å². The van der Waals surface area contributed by atoms with Crippen LogP contribution in [0.15, 0.2) is 0 Å². The van der Waals surface area contributed by atoms with E-state index in [1.165, 1.54) is 0 Å². The van der Waals surface area contributed by atoms with Crippen LogP contribution in [-0.4, -0.2) is 53.1 Å². The van der Waals surface area contributed by atoms with Crippen LogP contribution in [0.25, 0.3) is 0 Å². The Morgan fingerprint density at radius 2 is 1.10 bits per heavy atom. The summed E-state index contributed by atoms with van der Waals surface area (Å²) in [6, 6.07) is 0. The standard InChI is InChI=1S/Ca.ClH.HNO3.NO3/c;;2*2-1(3)4/h;1H;(H,2,3,4);/q+2;;;-1/p-1. The summed E-state index contributed by atoms with van der Waals surface area (Å²) in [5.41, 5.74) is 0. The summed E-state index contributed by atoms with van der Waals surface area (Å²) >= 11 is 0. The zero-order valence-electron chi connectivity index (χ0n) is 4.47. The molecular formula is HCaClN2O6. The summed E-state index contributed by atoms with van der Waals surface area (Å²) in [7, 11) is 0. The first kappa shape index (κ1) is 22.5. The van der Waals surface area contributed by atoms with Crippen LogP contribution in [0.4, 0.5) is 0 Å². The molecule has 0 bridgehead atoms. The maximum absolute atomic E-state index is 8.36. The van der Waals surface area contributed by atoms with Crippen LogP contribution in [0.3, 0.4) is 0 Å². The number of hydrogen-bond donors (Lipinski definition) is 1. The summed E-state index contributed by atoms with van der Waals surface area (Å²) in [5, 5.41) is 28.4. The van der Waals surface area contributed by atoms with E-state index in [0.29, 0.717) is 0 Å². The zero-order chi connectivity index (χ0) is 7.15. The Morgan fingerprint density at radius 1 is 1.10 bits per heavy atom. The van der Waals surface area contributed by atoms with Crippen molar-refractivity contribution in [1.82, 2.24) is 0 Å². The number of nitrogens with zero attached hydrogens (tertiary/aromatic N) is 2. The molecule has 0 aliphatic heterocycles. The monoisotopic (exact) mass is 200 g/mol. The molecular weight excluding hydrogens is 200 g/mol. The Bertz CT molecular complexity index is 73.7. The quantitative estimate of drug-likeness (QED) is 0.241. The minimum atomic E-state index is -1.75. The number of halogens is 1. The molecule has 0 saturated heterocycles. The van der Waals surface area contributed by atoms with Gasteiger partial charge >= 0.3 is 37.7 Å². The van der Waals surface area contributed by atoms with Crippen LogP contribution in [0.5, 0.6) is 0 Å². The average molecular weight is 201 g/mol. The van der Waals surface area contributed by atoms with Gasteiger partial charge in [-0.1, -0.05) is 0 Å². The molecule has 0 amide bonds. The van der Waals surface area contributed by atoms with Crippen molar-refractivity contribution in [3.05, 3.63) is 25.4 Å². The third-order valence-electron chi connectivity index (χ3n) is 0. The third-order valence-corrected chi connectivity index (χ3v) is 0. The van der Waals surface area contributed by atoms with Gasteiger partial charge in [-0.25, -0.2) is 0 Å². The Balaban J connectivity index is -0.0000000300. The van der Waals surface area contributed by atoms with Crippen LogP contribution >= 0.6 is 0 Å². The molecule has 0 spiro atoms. The summed E-state index contributed by atoms with van der Waals surface area (Å²) < 4.78 is 0. The number of rotatable bonds is 0. The van der Waals surface area contributed by atoms with E-state index in [4.69, 9.17) is 30.6 Å². The summed E-state index contributed by atoms with van der Waals surface area (Å²) in [6.07, 6.45) is 0. The summed E-state index contributed by atoms with van der Waals surface area (Å²) in [6.45, 7) is 0. The minimum Gasteiger partial charge on any atom is -1.00 e. The molecule has 8 nitrogen and oxygen atoms in total. The molecule has 0 unspecified atom stereocenters. The molecule has 0 aromatic rings. The van der Waals surface area contributed by atoms with Crippen molar-refractivity contribution in [3.8, 4) is 0 Å². The van der Waals surface area contributed by atoms with Crippen LogP contribution in [-0.2, 0) is 0 Å². The average Bonchev–Trinajstić information content (AvgIpc) is 1.25. The Morgan fingerprint density at radius 3 is 1.10 bits per heavy atom. The van der Waals surface area contributed by atoms with Crippen LogP contribution < -0.4 is 12.4 Å². The van der Waals surface area contributed by atoms with Gasteiger partial charge < -0.3 is 32.9 Å². The van der Waals surface area contributed by atoms with Crippen LogP contribution in [0, 0.1) is 25.4 Å². The second-order valence-electron chi connectivity index (χ2n) is 0.461. The fraction of sp³-hybridized carbons (Fsp3) is 0. The Labute approximate surface area is 90.5 Å². The van der Waals surface area contributed by atoms with E-state index in [1.807, 2.05) is 0 Å². The first-order chi connectivity index (χ1) is 3.46. The first-order valence-electron chi connectivity index (χ1n) is 1.11. The topological polar surface area (TPSA) is 130 Å². The maximum Gasteiger partial charge on any atom is 2.00 e. The van der Waals surface area contributed by atoms with Gasteiger partial charge in [-0.15, -0.1) is 10.1 Å². The molecule has 1 N–H and O–H groups in total. The second-order valence-corrected chi connectivity index (χ2v) is 0.461. The normalized spacial score (nSPS) is 4.80. The molecule has 56 valence electrons. The molecule has 0 radical (unpaired) electrons. The molecule has 10 heavy (non-hydrogen) atoms. The maximum atomic E-state index is 8.36. The van der Waals surface area contributed by atoms with E-state index in [9.17, 15) is 0 Å². The second kappa shape index (κ2) is 16.0. The van der Waals surface area contributed by atoms with Gasteiger partial charge in [0.2, 0.25) is 0 Å². The van der Waals surface area contributed by atoms with Crippen molar-refractivity contribution >= 4 is 37.7 Å². The van der Waals surface area contributed by atoms with E-state index in [-0.39, 0.29) is 50.1 Å². The van der Waals surface area contributed by atoms with E-state index in [1.54, 1.807) is 0 Å². The Hall–Kier alpha value is -0.0503. The van der Waals surface area contributed by atoms with E-state index in [2.05, 4.69) is 0 Å². The first-order valence-corrected chi connectivity index (χ1v) is 1.11. The molecule has 0 fully saturated rings. The summed E-state index contributed by atoms with van der Waals surface area (Å²) in [4.78, 5) is 16.6. The molecule has 0 heterocycles. The van der Waals surface area contributed by atoms with Gasteiger partial charge in [0.25, 0.3) is 5.09 Å². The van der Waals surface area contributed by atoms with Gasteiger partial charge in [0.05, 0.1) is 5.09 Å². The van der Waals surface area contributed by atoms with E-state index < -0.39 is 10.2 Å². The van der Waals surface area contributed by atoms with Gasteiger partial charge in [-0.05, 0) is 0 Å². The van der Waals surface area contributed by atoms with Gasteiger partial charge in [-0.2, -0.15) is 0 Å². The molecule has 0 atom stereocenters. The fourth-order valence-electron chi connectivity index (χ4n) is 0. The Kier molecular flexibility index (Phi) is 36.0. The smallest absolute Gasteiger partial charge is 1.00 e. The summed E-state index contributed by atoms with van der Waals surface area (Å²) in [5.74, 6) is 0. The van der Waals surface area contributed by atoms with Gasteiger partial charge in [-0.3, -0.25) is 0 Å². The van der Waals surface area contributed by atoms with Gasteiger partial charge in [0.15, 0.2) is 0 Å². The van der Waals surface area contributed by atoms with Crippen molar-refractivity contribution in [1.29, 1.82) is 0 Å². The molecule has 10 heteroatoms. The zero-order valence-corrected chi connectivity index (χ0v) is 7.43. The van der Waals surface area contributed by atoms with Crippen molar-refractivity contribution in [2.75, 3.05) is 0 Å². The predicted octanol–water partition coefficient (Wildman–Crippen LogP) is -3.96. The molecule has 0 aliphatic rings. The van der Waals surface area contributed by atoms with Crippen molar-refractivity contribution in [3.63, 3.8) is 0 Å². The van der Waals surface area contributed by atoms with Gasteiger partial charge in [0.1, 0.15) is 0 Å². The van der Waals surface area contributed by atoms with Crippen molar-refractivity contribution in [2.45, 2.75) is 0 Å². The van der Waals surface area contributed by atoms with E-state index >= 15 is 0 Å². The third kappa shape index (κ3) is 152000. The molecule has 0 saturated carbocycles. The minimum absolute atomic E-state index is 0. The molecule has 0 aromatic carbocycles. The van der Waals surface area contributed by atoms with Gasteiger partial charge in [0, 0.05) is 0 Å². The molecule has 0 rings (SSSR count). The predicted molar refractivity (Wildman–Crippen MR) is 24.9 cm³/mol. The SMILES string of the molecule is O=[N+]([O-])O.O=[N+]([O-])[O-].[Ca+2].[Cl-].